The molecule has 508 valence electrons. The van der Waals surface area contributed by atoms with Gasteiger partial charge in [-0.3, -0.25) is 0 Å². The molecule has 14 heteroatoms. The summed E-state index contributed by atoms with van der Waals surface area (Å²) in [7, 11) is 0. The van der Waals surface area contributed by atoms with Crippen molar-refractivity contribution in [2.45, 2.75) is 24.0 Å². The Morgan fingerprint density at radius 1 is 0.208 bits per heavy atom. The number of hydrogen-bond acceptors (Lipinski definition) is 10. The predicted octanol–water partition coefficient (Wildman–Crippen LogP) is 20.4. The molecular formula is C92H64N8O6. The molecule has 14 aromatic rings. The summed E-state index contributed by atoms with van der Waals surface area (Å²) in [5.74, 6) is -4.18. The van der Waals surface area contributed by atoms with Crippen LogP contribution in [0.25, 0.3) is 182 Å². The van der Waals surface area contributed by atoms with E-state index in [0.29, 0.717) is 56.1 Å². The van der Waals surface area contributed by atoms with Crippen molar-refractivity contribution in [2.75, 3.05) is 0 Å². The summed E-state index contributed by atoms with van der Waals surface area (Å²) in [5.41, 5.74) is 23.9. The fourth-order valence-electron chi connectivity index (χ4n) is 16.1. The number of aromatic hydroxyl groups is 4. The first-order chi connectivity index (χ1) is 52.0. The maximum Gasteiger partial charge on any atom is 0.123 e. The molecule has 1 saturated carbocycles. The van der Waals surface area contributed by atoms with Crippen LogP contribution in [0.1, 0.15) is 68.5 Å². The zero-order valence-electron chi connectivity index (χ0n) is 56.6. The summed E-state index contributed by atoms with van der Waals surface area (Å²) in [5, 5.41) is 74.6. The van der Waals surface area contributed by atoms with Gasteiger partial charge in [-0.15, -0.1) is 0 Å². The van der Waals surface area contributed by atoms with Crippen molar-refractivity contribution >= 4 is 92.7 Å². The van der Waals surface area contributed by atoms with Crippen molar-refractivity contribution < 1.29 is 30.6 Å². The van der Waals surface area contributed by atoms with Crippen molar-refractivity contribution in [1.82, 2.24) is 39.9 Å². The molecule has 14 nitrogen and oxygen atoms in total. The van der Waals surface area contributed by atoms with E-state index in [1.165, 1.54) is 24.3 Å². The van der Waals surface area contributed by atoms with E-state index in [2.05, 4.69) is 68.5 Å². The van der Waals surface area contributed by atoms with Crippen LogP contribution in [0.5, 0.6) is 23.0 Å². The molecule has 5 aliphatic rings. The number of aliphatic hydroxyl groups is 2. The number of phenols is 4. The number of hydrogen-bond donors (Lipinski definition) is 10. The highest BCUT2D eigenvalue weighted by Crippen LogP contribution is 2.57. The van der Waals surface area contributed by atoms with E-state index in [0.717, 1.165) is 123 Å². The molecule has 0 saturated heterocycles. The molecule has 6 aromatic heterocycles. The van der Waals surface area contributed by atoms with E-state index in [-0.39, 0.29) is 11.1 Å². The Labute approximate surface area is 607 Å². The summed E-state index contributed by atoms with van der Waals surface area (Å²) in [4.78, 5) is 36.6. The first-order valence-corrected chi connectivity index (χ1v) is 35.2. The van der Waals surface area contributed by atoms with E-state index >= 15 is 0 Å². The number of fused-ring (bicyclic) bond motifs is 16. The highest BCUT2D eigenvalue weighted by molar-refractivity contribution is 6.03. The SMILES string of the molecule is Oc1cc(-c2c3nc(c(-c4ccccc4)c4ccc([nH]4)c(-c4ccccc4)c4nc(c(-c5ccccc5)c5ccc2[nH]5)C=C4)C=C3)cc(O)c1C1C(O)C(c2c(O)cc(-c3c4nc(c(-c5ccccc5)c5ccc([nH]5)c(-c5ccccc5)c5nc(c(-c6ccccc6)c6ccc3[nH]6)C=C5)C=C4)cc2O)C1O. The molecule has 0 atom stereocenters. The first-order valence-electron chi connectivity index (χ1n) is 35.2. The largest absolute Gasteiger partial charge is 0.507 e. The maximum absolute atomic E-state index is 12.4. The Morgan fingerprint density at radius 2 is 0.368 bits per heavy atom. The third kappa shape index (κ3) is 10.7. The molecule has 0 amide bonds. The van der Waals surface area contributed by atoms with Gasteiger partial charge in [0.15, 0.2) is 0 Å². The Kier molecular flexibility index (Phi) is 15.2. The van der Waals surface area contributed by atoms with Gasteiger partial charge in [-0.2, -0.15) is 0 Å². The normalized spacial score (nSPS) is 15.6. The monoisotopic (exact) mass is 1380 g/mol. The minimum atomic E-state index is -1.53. The Bertz CT molecular complexity index is 5900. The molecule has 0 radical (unpaired) electrons. The summed E-state index contributed by atoms with van der Waals surface area (Å²) in [6.45, 7) is 0. The molecule has 1 aliphatic carbocycles. The van der Waals surface area contributed by atoms with Gasteiger partial charge in [0.1, 0.15) is 23.0 Å². The Morgan fingerprint density at radius 3 is 0.538 bits per heavy atom. The number of aromatic nitrogens is 8. The van der Waals surface area contributed by atoms with E-state index in [9.17, 15) is 30.6 Å². The molecule has 4 aliphatic heterocycles. The highest BCUT2D eigenvalue weighted by Gasteiger charge is 2.54. The third-order valence-electron chi connectivity index (χ3n) is 20.9. The molecule has 10 N–H and O–H groups in total. The lowest BCUT2D eigenvalue weighted by molar-refractivity contribution is -0.0810. The molecule has 16 bridgehead atoms. The fraction of sp³-hybridized carbons (Fsp3) is 0.0435. The number of nitrogens with zero attached hydrogens (tertiary/aromatic N) is 4. The van der Waals surface area contributed by atoms with E-state index in [4.69, 9.17) is 19.9 Å². The molecule has 0 spiro atoms. The number of aliphatic hydroxyl groups excluding tert-OH is 2. The molecule has 19 rings (SSSR count). The average molecular weight is 1380 g/mol. The molecule has 1 fully saturated rings. The topological polar surface area (TPSA) is 236 Å². The van der Waals surface area contributed by atoms with Gasteiger partial charge in [0.05, 0.1) is 57.8 Å². The van der Waals surface area contributed by atoms with E-state index in [1.807, 2.05) is 231 Å². The van der Waals surface area contributed by atoms with Crippen LogP contribution in [0.3, 0.4) is 0 Å². The van der Waals surface area contributed by atoms with Gasteiger partial charge in [0, 0.05) is 112 Å². The van der Waals surface area contributed by atoms with Crippen LogP contribution < -0.4 is 0 Å². The van der Waals surface area contributed by atoms with Gasteiger partial charge in [-0.25, -0.2) is 19.9 Å². The lowest BCUT2D eigenvalue weighted by Crippen LogP contribution is -2.51. The van der Waals surface area contributed by atoms with Crippen LogP contribution >= 0.6 is 0 Å². The van der Waals surface area contributed by atoms with E-state index < -0.39 is 47.0 Å². The molecular weight excluding hydrogens is 1310 g/mol. The van der Waals surface area contributed by atoms with Gasteiger partial charge in [-0.1, -0.05) is 182 Å². The Balaban J connectivity index is 0.738. The number of aromatic amines is 4. The van der Waals surface area contributed by atoms with Gasteiger partial charge < -0.3 is 50.6 Å². The number of nitrogens with one attached hydrogen (secondary N) is 4. The average Bonchev–Trinajstić information content (AvgIpc) is 0.959. The number of H-pyrrole nitrogens is 4. The first kappa shape index (κ1) is 63.0. The van der Waals surface area contributed by atoms with Crippen LogP contribution in [-0.2, 0) is 0 Å². The van der Waals surface area contributed by atoms with Crippen LogP contribution in [-0.4, -0.2) is 82.7 Å². The quantitative estimate of drug-likeness (QED) is 0.0622. The second-order valence-electron chi connectivity index (χ2n) is 27.1. The van der Waals surface area contributed by atoms with Crippen LogP contribution in [0.15, 0.2) is 255 Å². The fourth-order valence-corrected chi connectivity index (χ4v) is 16.1. The van der Waals surface area contributed by atoms with Crippen LogP contribution in [0, 0.1) is 0 Å². The van der Waals surface area contributed by atoms with Crippen LogP contribution in [0.2, 0.25) is 0 Å². The molecule has 0 unspecified atom stereocenters. The molecule has 10 heterocycles. The number of phenolic OH excluding ortho intramolecular Hbond substituents is 4. The second kappa shape index (κ2) is 25.5. The minimum absolute atomic E-state index is 0.112. The van der Waals surface area contributed by atoms with E-state index in [1.54, 1.807) is 0 Å². The van der Waals surface area contributed by atoms with Gasteiger partial charge in [0.2, 0.25) is 0 Å². The summed E-state index contributed by atoms with van der Waals surface area (Å²) in [6, 6.07) is 82.9. The lowest BCUT2D eigenvalue weighted by atomic mass is 9.62. The van der Waals surface area contributed by atoms with Gasteiger partial charge in [0.25, 0.3) is 0 Å². The Hall–Kier alpha value is -13.9. The maximum atomic E-state index is 12.4. The summed E-state index contributed by atoms with van der Waals surface area (Å²) in [6.07, 6.45) is 12.9. The highest BCUT2D eigenvalue weighted by atomic mass is 16.3. The second-order valence-corrected chi connectivity index (χ2v) is 27.1. The van der Waals surface area contributed by atoms with Crippen molar-refractivity contribution in [3.05, 3.63) is 311 Å². The third-order valence-corrected chi connectivity index (χ3v) is 20.9. The number of rotatable bonds is 10. The molecule has 8 aromatic carbocycles. The van der Waals surface area contributed by atoms with Crippen molar-refractivity contribution in [3.8, 4) is 112 Å². The van der Waals surface area contributed by atoms with Crippen molar-refractivity contribution in [1.29, 1.82) is 0 Å². The number of benzene rings is 8. The standard InChI is InChI=1S/C92H64N8O6/c101-75-47-57(85-71-43-39-67(97-71)81(53-23-11-3-12-24-53)63-35-31-59(93-63)79(51-19-7-1-8-20-51)60-32-36-64(94-60)82(54-25-13-4-14-26-54)68-40-44-72(85)98-68)48-76(102)87(75)89-91(105)90(92(89)106)88-77(103)49-58(50-78(88)104)86-73-45-41-69(99-73)83(55-27-15-5-16-28-55)65-37-33-61(95-65)80(52-21-9-2-10-22-52)62-34-38-66(96-62)84(56-29-17-6-18-30-56)70-42-46-74(86)100-70/h1-50,89-93,95,98,100-106H. The predicted molar refractivity (Wildman–Crippen MR) is 425 cm³/mol. The molecule has 106 heavy (non-hydrogen) atoms. The zero-order valence-corrected chi connectivity index (χ0v) is 56.6. The van der Waals surface area contributed by atoms with Crippen LogP contribution in [0.4, 0.5) is 0 Å². The van der Waals surface area contributed by atoms with Gasteiger partial charge >= 0.3 is 0 Å². The van der Waals surface area contributed by atoms with Crippen molar-refractivity contribution in [3.63, 3.8) is 0 Å². The zero-order chi connectivity index (χ0) is 71.3. The minimum Gasteiger partial charge on any atom is -0.507 e. The smallest absolute Gasteiger partial charge is 0.123 e. The van der Waals surface area contributed by atoms with Gasteiger partial charge in [-0.05, 0) is 166 Å². The summed E-state index contributed by atoms with van der Waals surface area (Å²) >= 11 is 0. The summed E-state index contributed by atoms with van der Waals surface area (Å²) < 4.78 is 0. The lowest BCUT2D eigenvalue weighted by Gasteiger charge is -2.47. The van der Waals surface area contributed by atoms with Crippen molar-refractivity contribution in [2.24, 2.45) is 0 Å².